The first-order valence-corrected chi connectivity index (χ1v) is 8.56. The fraction of sp³-hybridized carbons (Fsp3) is 0.500. The number of carbonyl (C=O) groups excluding carboxylic acids is 1. The Bertz CT molecular complexity index is 658. The van der Waals surface area contributed by atoms with Gasteiger partial charge in [-0.15, -0.1) is 0 Å². The van der Waals surface area contributed by atoms with Crippen molar-refractivity contribution in [3.63, 3.8) is 0 Å². The summed E-state index contributed by atoms with van der Waals surface area (Å²) < 4.78 is 0. The molecule has 1 heterocycles. The van der Waals surface area contributed by atoms with Gasteiger partial charge in [0.25, 0.3) is 0 Å². The Balaban J connectivity index is 1.60. The van der Waals surface area contributed by atoms with E-state index >= 15 is 0 Å². The van der Waals surface area contributed by atoms with E-state index in [9.17, 15) is 4.79 Å². The quantitative estimate of drug-likeness (QED) is 0.859. The lowest BCUT2D eigenvalue weighted by atomic mass is 9.84. The Morgan fingerprint density at radius 1 is 1.32 bits per heavy atom. The van der Waals surface area contributed by atoms with Gasteiger partial charge in [0.1, 0.15) is 0 Å². The molecule has 0 bridgehead atoms. The molecule has 3 nitrogen and oxygen atoms in total. The number of aromatic amines is 1. The van der Waals surface area contributed by atoms with Gasteiger partial charge < -0.3 is 10.3 Å². The van der Waals surface area contributed by atoms with Crippen molar-refractivity contribution in [3.05, 3.63) is 35.0 Å². The van der Waals surface area contributed by atoms with E-state index in [1.54, 1.807) is 0 Å². The molecule has 0 spiro atoms. The number of H-pyrrole nitrogens is 1. The van der Waals surface area contributed by atoms with Crippen molar-refractivity contribution in [1.82, 2.24) is 10.3 Å². The first kappa shape index (κ1) is 15.4. The van der Waals surface area contributed by atoms with Gasteiger partial charge in [-0.2, -0.15) is 0 Å². The average molecular weight is 319 g/mol. The number of hydrogen-bond acceptors (Lipinski definition) is 1. The van der Waals surface area contributed by atoms with Crippen LogP contribution in [0.15, 0.2) is 24.3 Å². The molecule has 1 atom stereocenters. The molecule has 3 rings (SSSR count). The van der Waals surface area contributed by atoms with Crippen molar-refractivity contribution in [2.45, 2.75) is 51.5 Å². The molecule has 1 aliphatic rings. The van der Waals surface area contributed by atoms with Gasteiger partial charge in [0, 0.05) is 27.7 Å². The van der Waals surface area contributed by atoms with Gasteiger partial charge in [-0.05, 0) is 49.9 Å². The molecule has 0 saturated heterocycles. The number of carbonyl (C=O) groups is 1. The molecule has 0 radical (unpaired) electrons. The third-order valence-electron chi connectivity index (χ3n) is 4.74. The number of rotatable bonds is 4. The fourth-order valence-electron chi connectivity index (χ4n) is 3.49. The molecule has 1 aliphatic carbocycles. The maximum atomic E-state index is 12.3. The molecule has 1 fully saturated rings. The minimum Gasteiger partial charge on any atom is -0.358 e. The zero-order valence-corrected chi connectivity index (χ0v) is 13.7. The normalized spacial score (nSPS) is 17.5. The second kappa shape index (κ2) is 6.74. The summed E-state index contributed by atoms with van der Waals surface area (Å²) in [5.74, 6) is 0.731. The van der Waals surface area contributed by atoms with Gasteiger partial charge in [-0.3, -0.25) is 4.79 Å². The van der Waals surface area contributed by atoms with E-state index in [2.05, 4.69) is 17.2 Å². The van der Waals surface area contributed by atoms with Crippen LogP contribution in [0.3, 0.4) is 0 Å². The molecule has 1 unspecified atom stereocenters. The van der Waals surface area contributed by atoms with Crippen LogP contribution >= 0.6 is 11.6 Å². The highest BCUT2D eigenvalue weighted by Crippen LogP contribution is 2.26. The summed E-state index contributed by atoms with van der Waals surface area (Å²) in [4.78, 5) is 15.5. The maximum absolute atomic E-state index is 12.3. The molecule has 4 heteroatoms. The van der Waals surface area contributed by atoms with Crippen LogP contribution in [0.2, 0.25) is 5.02 Å². The molecule has 2 N–H and O–H groups in total. The monoisotopic (exact) mass is 318 g/mol. The van der Waals surface area contributed by atoms with Crippen LogP contribution in [0, 0.1) is 5.92 Å². The number of aromatic nitrogens is 1. The highest BCUT2D eigenvalue weighted by atomic mass is 35.5. The first-order valence-electron chi connectivity index (χ1n) is 8.18. The largest absolute Gasteiger partial charge is 0.358 e. The zero-order valence-electron chi connectivity index (χ0n) is 13.0. The molecule has 1 saturated carbocycles. The second-order valence-corrected chi connectivity index (χ2v) is 6.89. The van der Waals surface area contributed by atoms with E-state index in [0.29, 0.717) is 17.4 Å². The van der Waals surface area contributed by atoms with Crippen LogP contribution in [0.1, 0.15) is 44.7 Å². The minimum atomic E-state index is 0.0933. The van der Waals surface area contributed by atoms with Gasteiger partial charge in [0.15, 0.2) is 0 Å². The summed E-state index contributed by atoms with van der Waals surface area (Å²) in [7, 11) is 0. The van der Waals surface area contributed by atoms with E-state index < -0.39 is 0 Å². The molecule has 2 aromatic rings. The van der Waals surface area contributed by atoms with E-state index in [1.165, 1.54) is 32.1 Å². The smallest absolute Gasteiger partial charge is 0.226 e. The van der Waals surface area contributed by atoms with Crippen LogP contribution in [-0.2, 0) is 11.2 Å². The molecule has 1 aromatic heterocycles. The predicted molar refractivity (Wildman–Crippen MR) is 91.2 cm³/mol. The van der Waals surface area contributed by atoms with Gasteiger partial charge in [-0.1, -0.05) is 30.9 Å². The van der Waals surface area contributed by atoms with E-state index in [-0.39, 0.29) is 11.9 Å². The number of nitrogens with one attached hydrogen (secondary N) is 2. The van der Waals surface area contributed by atoms with Crippen LogP contribution in [0.25, 0.3) is 10.9 Å². The molecule has 22 heavy (non-hydrogen) atoms. The summed E-state index contributed by atoms with van der Waals surface area (Å²) in [5, 5.41) is 4.94. The van der Waals surface area contributed by atoms with Crippen molar-refractivity contribution in [3.8, 4) is 0 Å². The Morgan fingerprint density at radius 2 is 2.09 bits per heavy atom. The summed E-state index contributed by atoms with van der Waals surface area (Å²) in [6.07, 6.45) is 6.82. The van der Waals surface area contributed by atoms with Crippen LogP contribution in [0.5, 0.6) is 0 Å². The zero-order chi connectivity index (χ0) is 15.5. The van der Waals surface area contributed by atoms with Crippen LogP contribution in [-0.4, -0.2) is 16.9 Å². The molecule has 118 valence electrons. The number of fused-ring (bicyclic) bond motifs is 1. The summed E-state index contributed by atoms with van der Waals surface area (Å²) in [6, 6.07) is 8.00. The highest BCUT2D eigenvalue weighted by Gasteiger charge is 2.21. The Hall–Kier alpha value is -1.48. The fourth-order valence-corrected chi connectivity index (χ4v) is 3.67. The van der Waals surface area contributed by atoms with Crippen molar-refractivity contribution in [2.24, 2.45) is 5.92 Å². The highest BCUT2D eigenvalue weighted by molar-refractivity contribution is 6.31. The van der Waals surface area contributed by atoms with E-state index in [4.69, 9.17) is 11.6 Å². The van der Waals surface area contributed by atoms with Crippen molar-refractivity contribution in [2.75, 3.05) is 0 Å². The minimum absolute atomic E-state index is 0.0933. The Morgan fingerprint density at radius 3 is 2.86 bits per heavy atom. The van der Waals surface area contributed by atoms with Gasteiger partial charge in [-0.25, -0.2) is 0 Å². The first-order chi connectivity index (χ1) is 10.6. The van der Waals surface area contributed by atoms with E-state index in [0.717, 1.165) is 16.6 Å². The van der Waals surface area contributed by atoms with Gasteiger partial charge in [0.2, 0.25) is 5.91 Å². The lowest BCUT2D eigenvalue weighted by Crippen LogP contribution is -2.39. The summed E-state index contributed by atoms with van der Waals surface area (Å²) in [5.41, 5.74) is 1.96. The topological polar surface area (TPSA) is 44.9 Å². The number of benzene rings is 1. The number of hydrogen-bond donors (Lipinski definition) is 2. The summed E-state index contributed by atoms with van der Waals surface area (Å²) in [6.45, 7) is 2.14. The van der Waals surface area contributed by atoms with Crippen LogP contribution in [0.4, 0.5) is 0 Å². The van der Waals surface area contributed by atoms with E-state index in [1.807, 2.05) is 24.3 Å². The average Bonchev–Trinajstić information content (AvgIpc) is 2.89. The van der Waals surface area contributed by atoms with Crippen molar-refractivity contribution < 1.29 is 4.79 Å². The number of amides is 1. The number of halogens is 1. The molecule has 1 aromatic carbocycles. The predicted octanol–water partition coefficient (Wildman–Crippen LogP) is 4.45. The van der Waals surface area contributed by atoms with Crippen LogP contribution < -0.4 is 5.32 Å². The lowest BCUT2D eigenvalue weighted by molar-refractivity contribution is -0.121. The molecule has 1 amide bonds. The Kier molecular flexibility index (Phi) is 4.72. The lowest BCUT2D eigenvalue weighted by Gasteiger charge is -2.28. The van der Waals surface area contributed by atoms with Crippen molar-refractivity contribution in [1.29, 1.82) is 0 Å². The molecular weight excluding hydrogens is 296 g/mol. The second-order valence-electron chi connectivity index (χ2n) is 6.46. The summed E-state index contributed by atoms with van der Waals surface area (Å²) >= 11 is 6.00. The third kappa shape index (κ3) is 3.64. The van der Waals surface area contributed by atoms with Gasteiger partial charge >= 0.3 is 0 Å². The van der Waals surface area contributed by atoms with Crippen molar-refractivity contribution >= 4 is 28.4 Å². The molecular formula is C18H23ClN2O. The maximum Gasteiger partial charge on any atom is 0.226 e. The Labute approximate surface area is 136 Å². The third-order valence-corrected chi connectivity index (χ3v) is 4.97. The molecule has 0 aliphatic heterocycles. The SMILES string of the molecule is CC(NC(=O)Cc1cc2cc(Cl)ccc2[nH]1)C1CCCCC1. The standard InChI is InChI=1S/C18H23ClN2O/c1-12(13-5-3-2-4-6-13)20-18(22)11-16-10-14-9-15(19)7-8-17(14)21-16/h7-10,12-13,21H,2-6,11H2,1H3,(H,20,22). The van der Waals surface area contributed by atoms with Gasteiger partial charge in [0.05, 0.1) is 6.42 Å².